The van der Waals surface area contributed by atoms with Gasteiger partial charge in [0.15, 0.2) is 0 Å². The molecule has 1 heterocycles. The Labute approximate surface area is 91.5 Å². The van der Waals surface area contributed by atoms with Gasteiger partial charge >= 0.3 is 0 Å². The zero-order valence-corrected chi connectivity index (χ0v) is 9.85. The third-order valence-electron chi connectivity index (χ3n) is 2.77. The van der Waals surface area contributed by atoms with Crippen LogP contribution in [-0.2, 0) is 7.05 Å². The summed E-state index contributed by atoms with van der Waals surface area (Å²) < 4.78 is 1.87. The molecule has 0 aliphatic heterocycles. The summed E-state index contributed by atoms with van der Waals surface area (Å²) in [6.07, 6.45) is 3.86. The second-order valence-corrected chi connectivity index (χ2v) is 3.73. The van der Waals surface area contributed by atoms with E-state index in [9.17, 15) is 5.11 Å². The third kappa shape index (κ3) is 3.32. The maximum Gasteiger partial charge on any atom is 0.137 e. The fourth-order valence-electron chi connectivity index (χ4n) is 1.67. The van der Waals surface area contributed by atoms with E-state index >= 15 is 0 Å². The Hall–Kier alpha value is -0.870. The second-order valence-electron chi connectivity index (χ2n) is 3.73. The van der Waals surface area contributed by atoms with Crippen molar-refractivity contribution < 1.29 is 5.11 Å². The molecule has 0 bridgehead atoms. The lowest BCUT2D eigenvalue weighted by molar-refractivity contribution is 0.134. The van der Waals surface area contributed by atoms with Crippen molar-refractivity contribution in [2.45, 2.75) is 26.4 Å². The van der Waals surface area contributed by atoms with Crippen molar-refractivity contribution in [3.63, 3.8) is 0 Å². The molecule has 1 rings (SSSR count). The van der Waals surface area contributed by atoms with Gasteiger partial charge in [0.2, 0.25) is 0 Å². The summed E-state index contributed by atoms with van der Waals surface area (Å²) in [5, 5.41) is 9.92. The van der Waals surface area contributed by atoms with Gasteiger partial charge in [-0.25, -0.2) is 4.98 Å². The zero-order chi connectivity index (χ0) is 11.3. The number of hydrogen-bond donors (Lipinski definition) is 1. The Kier molecular flexibility index (Phi) is 4.78. The van der Waals surface area contributed by atoms with Gasteiger partial charge < -0.3 is 14.6 Å². The molecule has 4 heteroatoms. The number of rotatable bonds is 6. The van der Waals surface area contributed by atoms with Gasteiger partial charge in [-0.15, -0.1) is 0 Å². The molecular weight excluding hydrogens is 190 g/mol. The average Bonchev–Trinajstić information content (AvgIpc) is 2.66. The Morgan fingerprint density at radius 1 is 1.47 bits per heavy atom. The molecule has 0 radical (unpaired) electrons. The quantitative estimate of drug-likeness (QED) is 0.768. The standard InChI is InChI=1S/C11H21N3O/c1-4-14(5-2)8-6-10(15)11-12-7-9-13(11)3/h7,9-10,15H,4-6,8H2,1-3H3. The van der Waals surface area contributed by atoms with Crippen molar-refractivity contribution in [3.8, 4) is 0 Å². The monoisotopic (exact) mass is 211 g/mol. The van der Waals surface area contributed by atoms with E-state index in [-0.39, 0.29) is 0 Å². The number of imidazole rings is 1. The van der Waals surface area contributed by atoms with Gasteiger partial charge in [-0.2, -0.15) is 0 Å². The highest BCUT2D eigenvalue weighted by molar-refractivity contribution is 4.95. The van der Waals surface area contributed by atoms with Gasteiger partial charge in [0.05, 0.1) is 0 Å². The van der Waals surface area contributed by atoms with E-state index in [2.05, 4.69) is 23.7 Å². The number of aliphatic hydroxyl groups is 1. The highest BCUT2D eigenvalue weighted by atomic mass is 16.3. The van der Waals surface area contributed by atoms with E-state index in [1.165, 1.54) is 0 Å². The van der Waals surface area contributed by atoms with Crippen LogP contribution in [0.4, 0.5) is 0 Å². The lowest BCUT2D eigenvalue weighted by Gasteiger charge is -2.19. The third-order valence-corrected chi connectivity index (χ3v) is 2.77. The maximum absolute atomic E-state index is 9.92. The molecule has 0 aliphatic carbocycles. The van der Waals surface area contributed by atoms with Crippen molar-refractivity contribution in [2.24, 2.45) is 7.05 Å². The van der Waals surface area contributed by atoms with Crippen LogP contribution >= 0.6 is 0 Å². The van der Waals surface area contributed by atoms with Crippen molar-refractivity contribution >= 4 is 0 Å². The maximum atomic E-state index is 9.92. The summed E-state index contributed by atoms with van der Waals surface area (Å²) in [5.41, 5.74) is 0. The van der Waals surface area contributed by atoms with Crippen LogP contribution in [0.2, 0.25) is 0 Å². The lowest BCUT2D eigenvalue weighted by atomic mass is 10.2. The molecule has 86 valence electrons. The highest BCUT2D eigenvalue weighted by Crippen LogP contribution is 2.13. The summed E-state index contributed by atoms with van der Waals surface area (Å²) in [4.78, 5) is 6.44. The molecule has 1 aromatic rings. The SMILES string of the molecule is CCN(CC)CCC(O)c1nccn1C. The Bertz CT molecular complexity index is 281. The fraction of sp³-hybridized carbons (Fsp3) is 0.727. The van der Waals surface area contributed by atoms with Crippen LogP contribution in [0.5, 0.6) is 0 Å². The number of nitrogens with zero attached hydrogens (tertiary/aromatic N) is 3. The van der Waals surface area contributed by atoms with E-state index in [0.717, 1.165) is 31.9 Å². The lowest BCUT2D eigenvalue weighted by Crippen LogP contribution is -2.25. The second kappa shape index (κ2) is 5.88. The molecule has 0 saturated heterocycles. The molecule has 0 saturated carbocycles. The summed E-state index contributed by atoms with van der Waals surface area (Å²) >= 11 is 0. The van der Waals surface area contributed by atoms with Gasteiger partial charge in [0.1, 0.15) is 11.9 Å². The van der Waals surface area contributed by atoms with Crippen LogP contribution in [0.25, 0.3) is 0 Å². The van der Waals surface area contributed by atoms with Crippen LogP contribution in [0.3, 0.4) is 0 Å². The fourth-order valence-corrected chi connectivity index (χ4v) is 1.67. The Balaban J connectivity index is 2.42. The largest absolute Gasteiger partial charge is 0.385 e. The van der Waals surface area contributed by atoms with Gasteiger partial charge in [-0.05, 0) is 19.5 Å². The van der Waals surface area contributed by atoms with Crippen LogP contribution in [0.1, 0.15) is 32.2 Å². The van der Waals surface area contributed by atoms with Gasteiger partial charge in [-0.3, -0.25) is 0 Å². The molecule has 15 heavy (non-hydrogen) atoms. The zero-order valence-electron chi connectivity index (χ0n) is 9.85. The predicted octanol–water partition coefficient (Wildman–Crippen LogP) is 1.19. The molecular formula is C11H21N3O. The molecule has 1 atom stereocenters. The van der Waals surface area contributed by atoms with Crippen molar-refractivity contribution in [2.75, 3.05) is 19.6 Å². The molecule has 0 spiro atoms. The van der Waals surface area contributed by atoms with Crippen LogP contribution in [-0.4, -0.2) is 39.2 Å². The van der Waals surface area contributed by atoms with Crippen LogP contribution in [0, 0.1) is 0 Å². The first-order chi connectivity index (χ1) is 7.19. The summed E-state index contributed by atoms with van der Waals surface area (Å²) in [5.74, 6) is 0.752. The molecule has 0 fully saturated rings. The van der Waals surface area contributed by atoms with Crippen molar-refractivity contribution in [3.05, 3.63) is 18.2 Å². The summed E-state index contributed by atoms with van der Waals surface area (Å²) in [6.45, 7) is 7.25. The Morgan fingerprint density at radius 3 is 2.60 bits per heavy atom. The highest BCUT2D eigenvalue weighted by Gasteiger charge is 2.12. The first-order valence-electron chi connectivity index (χ1n) is 5.56. The van der Waals surface area contributed by atoms with E-state index in [0.29, 0.717) is 0 Å². The van der Waals surface area contributed by atoms with Crippen molar-refractivity contribution in [1.82, 2.24) is 14.5 Å². The van der Waals surface area contributed by atoms with Crippen molar-refractivity contribution in [1.29, 1.82) is 0 Å². The number of hydrogen-bond acceptors (Lipinski definition) is 3. The van der Waals surface area contributed by atoms with Crippen LogP contribution < -0.4 is 0 Å². The predicted molar refractivity (Wildman–Crippen MR) is 60.6 cm³/mol. The minimum absolute atomic E-state index is 0.453. The summed E-state index contributed by atoms with van der Waals surface area (Å²) in [6, 6.07) is 0. The molecule has 1 unspecified atom stereocenters. The first-order valence-corrected chi connectivity index (χ1v) is 5.56. The molecule has 0 aromatic carbocycles. The number of aryl methyl sites for hydroxylation is 1. The average molecular weight is 211 g/mol. The van der Waals surface area contributed by atoms with Gasteiger partial charge in [0.25, 0.3) is 0 Å². The number of aromatic nitrogens is 2. The molecule has 0 aliphatic rings. The smallest absolute Gasteiger partial charge is 0.137 e. The topological polar surface area (TPSA) is 41.3 Å². The van der Waals surface area contributed by atoms with E-state index in [1.54, 1.807) is 6.20 Å². The number of aliphatic hydroxyl groups excluding tert-OH is 1. The molecule has 1 N–H and O–H groups in total. The first kappa shape index (κ1) is 12.2. The molecule has 0 amide bonds. The van der Waals surface area contributed by atoms with Gasteiger partial charge in [-0.1, -0.05) is 13.8 Å². The van der Waals surface area contributed by atoms with Crippen LogP contribution in [0.15, 0.2) is 12.4 Å². The molecule has 1 aromatic heterocycles. The molecule has 4 nitrogen and oxygen atoms in total. The minimum Gasteiger partial charge on any atom is -0.385 e. The minimum atomic E-state index is -0.453. The normalized spacial score (nSPS) is 13.4. The summed E-state index contributed by atoms with van der Waals surface area (Å²) in [7, 11) is 1.91. The van der Waals surface area contributed by atoms with E-state index in [4.69, 9.17) is 0 Å². The Morgan fingerprint density at radius 2 is 2.13 bits per heavy atom. The van der Waals surface area contributed by atoms with E-state index < -0.39 is 6.10 Å². The van der Waals surface area contributed by atoms with Gasteiger partial charge in [0, 0.05) is 26.0 Å². The van der Waals surface area contributed by atoms with E-state index in [1.807, 2.05) is 17.8 Å².